The first-order valence-electron chi connectivity index (χ1n) is 21.5. The molecule has 4 aromatic heterocycles. The van der Waals surface area contributed by atoms with E-state index in [0.29, 0.717) is 80.3 Å². The van der Waals surface area contributed by atoms with Crippen LogP contribution in [0.2, 0.25) is 0 Å². The van der Waals surface area contributed by atoms with Crippen LogP contribution in [-0.2, 0) is 19.1 Å². The topological polar surface area (TPSA) is 254 Å². The summed E-state index contributed by atoms with van der Waals surface area (Å²) in [6.07, 6.45) is -0.0241. The van der Waals surface area contributed by atoms with E-state index in [1.807, 2.05) is 6.07 Å². The molecule has 4 aromatic carbocycles. The molecule has 2 unspecified atom stereocenters. The van der Waals surface area contributed by atoms with Gasteiger partial charge in [0.25, 0.3) is 5.91 Å². The molecule has 72 heavy (non-hydrogen) atoms. The Bertz CT molecular complexity index is 3170. The molecule has 0 aliphatic rings. The molecule has 0 N–H and O–H groups in total. The average Bonchev–Trinajstić information content (AvgIpc) is 4.28. The van der Waals surface area contributed by atoms with E-state index in [2.05, 4.69) is 32.5 Å². The number of furan rings is 2. The van der Waals surface area contributed by atoms with Gasteiger partial charge in [0.2, 0.25) is 29.3 Å². The standard InChI is InChI=1S/C25H21N3O6.C14H17N3O4.C13H11NO3/c1-14-27-28-25(33-14)16-7-5-15(6-8-16)24(32-4)22(29)20-10-9-19(34-20)17-11-18(13-26)23(31-3)21(12-17)30-2;1-9-15-16-13(21-9)11-7-5-10(6-8-11)12(19-3)14(18)17(2)20-4;1-15-12-7-9(11-4-3-5-17-11)6-10(8-14)13(12)16-2/h5-12,24H,1-4H3;5-8,12H,1-4H3;3-7H,1-2H3. The molecule has 1 amide bonds. The molecule has 4 heterocycles. The summed E-state index contributed by atoms with van der Waals surface area (Å²) in [5, 5.41) is 35.2. The largest absolute Gasteiger partial charge is 0.493 e. The second-order valence-electron chi connectivity index (χ2n) is 15.0. The molecule has 20 nitrogen and oxygen atoms in total. The first-order chi connectivity index (χ1) is 34.8. The number of hydrogen-bond acceptors (Lipinski definition) is 19. The van der Waals surface area contributed by atoms with Crippen molar-refractivity contribution in [2.45, 2.75) is 26.1 Å². The highest BCUT2D eigenvalue weighted by molar-refractivity contribution is 5.98. The minimum Gasteiger partial charge on any atom is -0.493 e. The molecule has 0 radical (unpaired) electrons. The quantitative estimate of drug-likeness (QED) is 0.0645. The number of ether oxygens (including phenoxy) is 6. The van der Waals surface area contributed by atoms with Gasteiger partial charge in [-0.3, -0.25) is 14.4 Å². The van der Waals surface area contributed by atoms with Crippen LogP contribution in [0, 0.1) is 36.5 Å². The van der Waals surface area contributed by atoms with Crippen molar-refractivity contribution >= 4 is 11.7 Å². The van der Waals surface area contributed by atoms with Gasteiger partial charge in [0.05, 0.1) is 52.9 Å². The maximum atomic E-state index is 13.2. The van der Waals surface area contributed by atoms with Crippen LogP contribution >= 0.6 is 0 Å². The highest BCUT2D eigenvalue weighted by Gasteiger charge is 2.27. The predicted octanol–water partition coefficient (Wildman–Crippen LogP) is 9.35. The Morgan fingerprint density at radius 1 is 0.569 bits per heavy atom. The number of methoxy groups -OCH3 is 6. The Morgan fingerprint density at radius 2 is 1.06 bits per heavy atom. The van der Waals surface area contributed by atoms with Crippen LogP contribution in [0.5, 0.6) is 23.0 Å². The zero-order valence-electron chi connectivity index (χ0n) is 40.9. The van der Waals surface area contributed by atoms with E-state index in [0.717, 1.165) is 21.8 Å². The normalized spacial score (nSPS) is 11.3. The molecule has 0 fully saturated rings. The van der Waals surface area contributed by atoms with Gasteiger partial charge in [0, 0.05) is 57.4 Å². The number of amides is 1. The van der Waals surface area contributed by atoms with Crippen LogP contribution in [0.15, 0.2) is 121 Å². The molecule has 0 bridgehead atoms. The van der Waals surface area contributed by atoms with Gasteiger partial charge in [-0.1, -0.05) is 24.3 Å². The Kier molecular flexibility index (Phi) is 17.8. The van der Waals surface area contributed by atoms with E-state index >= 15 is 0 Å². The minimum absolute atomic E-state index is 0.117. The number of carbonyl (C=O) groups excluding carboxylic acids is 2. The maximum Gasteiger partial charge on any atom is 0.279 e. The van der Waals surface area contributed by atoms with E-state index in [4.69, 9.17) is 56.2 Å². The fourth-order valence-electron chi connectivity index (χ4n) is 7.03. The highest BCUT2D eigenvalue weighted by atomic mass is 16.7. The molecule has 8 rings (SSSR count). The molecule has 0 aliphatic carbocycles. The summed E-state index contributed by atoms with van der Waals surface area (Å²) in [7, 11) is 11.9. The Hall–Kier alpha value is -9.08. The smallest absolute Gasteiger partial charge is 0.279 e. The van der Waals surface area contributed by atoms with Crippen LogP contribution in [0.4, 0.5) is 0 Å². The molecule has 8 aromatic rings. The van der Waals surface area contributed by atoms with Gasteiger partial charge in [-0.25, -0.2) is 5.06 Å². The SMILES string of the molecule is COC(C(=O)N(C)OC)c1ccc(-c2nnc(C)o2)cc1.COc1cc(-c2ccc(C(=O)C(OC)c3ccc(-c4nnc(C)o4)cc3)o2)cc(C#N)c1OC.COc1cc(-c2ccco2)cc(C#N)c1OC. The van der Waals surface area contributed by atoms with E-state index in [1.165, 1.54) is 56.8 Å². The average molecular weight is 980 g/mol. The lowest BCUT2D eigenvalue weighted by atomic mass is 10.0. The molecular weight excluding hydrogens is 931 g/mol. The summed E-state index contributed by atoms with van der Waals surface area (Å²) in [5.74, 6) is 4.02. The van der Waals surface area contributed by atoms with Crippen molar-refractivity contribution in [2.75, 3.05) is 56.8 Å². The van der Waals surface area contributed by atoms with E-state index < -0.39 is 12.2 Å². The molecule has 0 aliphatic heterocycles. The van der Waals surface area contributed by atoms with Gasteiger partial charge in [0.1, 0.15) is 29.8 Å². The minimum atomic E-state index is -0.877. The van der Waals surface area contributed by atoms with E-state index in [9.17, 15) is 14.9 Å². The zero-order valence-corrected chi connectivity index (χ0v) is 40.9. The zero-order chi connectivity index (χ0) is 51.9. The molecule has 0 saturated carbocycles. The van der Waals surface area contributed by atoms with Gasteiger partial charge in [-0.15, -0.1) is 20.4 Å². The van der Waals surface area contributed by atoms with Crippen LogP contribution in [0.1, 0.15) is 56.8 Å². The van der Waals surface area contributed by atoms with Crippen molar-refractivity contribution in [3.05, 3.63) is 143 Å². The Labute approximate surface area is 413 Å². The first kappa shape index (κ1) is 52.3. The Balaban J connectivity index is 0.000000191. The maximum absolute atomic E-state index is 13.2. The summed E-state index contributed by atoms with van der Waals surface area (Å²) in [4.78, 5) is 30.2. The number of nitriles is 2. The lowest BCUT2D eigenvalue weighted by Gasteiger charge is -2.20. The summed E-state index contributed by atoms with van der Waals surface area (Å²) in [6, 6.07) is 32.0. The lowest BCUT2D eigenvalue weighted by Crippen LogP contribution is -2.31. The summed E-state index contributed by atoms with van der Waals surface area (Å²) in [5.41, 5.74) is 4.92. The second kappa shape index (κ2) is 24.5. The number of likely N-dealkylation sites (N-methyl/N-ethyl adjacent to an activating group) is 1. The van der Waals surface area contributed by atoms with Gasteiger partial charge in [0.15, 0.2) is 34.9 Å². The molecule has 370 valence electrons. The summed E-state index contributed by atoms with van der Waals surface area (Å²) >= 11 is 0. The lowest BCUT2D eigenvalue weighted by molar-refractivity contribution is -0.179. The number of nitrogens with zero attached hydrogens (tertiary/aromatic N) is 7. The predicted molar refractivity (Wildman–Crippen MR) is 256 cm³/mol. The number of Topliss-reactive ketones (excluding diaryl/α,β-unsaturated/α-hetero) is 1. The second-order valence-corrected chi connectivity index (χ2v) is 15.0. The Morgan fingerprint density at radius 3 is 1.44 bits per heavy atom. The number of ketones is 1. The van der Waals surface area contributed by atoms with Gasteiger partial charge >= 0.3 is 0 Å². The summed E-state index contributed by atoms with van der Waals surface area (Å²) in [6.45, 7) is 3.44. The molecular formula is C52H49N7O13. The highest BCUT2D eigenvalue weighted by Crippen LogP contribution is 2.38. The molecule has 0 saturated heterocycles. The number of aromatic nitrogens is 4. The van der Waals surface area contributed by atoms with Crippen molar-refractivity contribution in [3.63, 3.8) is 0 Å². The summed E-state index contributed by atoms with van der Waals surface area (Å²) < 4.78 is 53.6. The van der Waals surface area contributed by atoms with Crippen molar-refractivity contribution in [1.82, 2.24) is 25.5 Å². The van der Waals surface area contributed by atoms with Crippen molar-refractivity contribution < 1.29 is 60.5 Å². The third-order valence-electron chi connectivity index (χ3n) is 10.6. The van der Waals surface area contributed by atoms with Gasteiger partial charge in [-0.2, -0.15) is 10.5 Å². The number of rotatable bonds is 16. The van der Waals surface area contributed by atoms with Crippen molar-refractivity contribution in [2.24, 2.45) is 0 Å². The number of carbonyl (C=O) groups is 2. The van der Waals surface area contributed by atoms with E-state index in [1.54, 1.807) is 111 Å². The van der Waals surface area contributed by atoms with E-state index in [-0.39, 0.29) is 23.0 Å². The first-order valence-corrected chi connectivity index (χ1v) is 21.5. The van der Waals surface area contributed by atoms with Crippen LogP contribution in [0.25, 0.3) is 45.6 Å². The number of benzene rings is 4. The number of aryl methyl sites for hydroxylation is 2. The van der Waals surface area contributed by atoms with Crippen LogP contribution in [-0.4, -0.2) is 94.0 Å². The van der Waals surface area contributed by atoms with Gasteiger partial charge in [-0.05, 0) is 83.9 Å². The third-order valence-corrected chi connectivity index (χ3v) is 10.6. The molecule has 2 atom stereocenters. The number of hydroxylamine groups is 2. The van der Waals surface area contributed by atoms with Crippen LogP contribution < -0.4 is 18.9 Å². The van der Waals surface area contributed by atoms with Crippen molar-refractivity contribution in [1.29, 1.82) is 10.5 Å². The molecule has 20 heteroatoms. The fraction of sp³-hybridized carbons (Fsp3) is 0.231. The number of hydrogen-bond donors (Lipinski definition) is 0. The fourth-order valence-corrected chi connectivity index (χ4v) is 7.03. The third kappa shape index (κ3) is 12.0. The molecule has 0 spiro atoms. The van der Waals surface area contributed by atoms with Crippen LogP contribution in [0.3, 0.4) is 0 Å². The van der Waals surface area contributed by atoms with Crippen molar-refractivity contribution in [3.8, 4) is 80.7 Å². The monoisotopic (exact) mass is 979 g/mol. The van der Waals surface area contributed by atoms with Gasteiger partial charge < -0.3 is 46.1 Å².